The molecule has 0 bridgehead atoms. The van der Waals surface area contributed by atoms with Crippen LogP contribution in [0.15, 0.2) is 35.2 Å². The Morgan fingerprint density at radius 3 is 3.05 bits per heavy atom. The lowest BCUT2D eigenvalue weighted by molar-refractivity contribution is 0.0945. The fourth-order valence-corrected chi connectivity index (χ4v) is 2.21. The molecular formula is C13H11BrN6O. The molecule has 3 rings (SSSR count). The molecule has 8 heteroatoms. The van der Waals surface area contributed by atoms with Crippen LogP contribution in [0.1, 0.15) is 16.2 Å². The minimum atomic E-state index is -0.260. The summed E-state index contributed by atoms with van der Waals surface area (Å²) >= 11 is 3.33. The normalized spacial score (nSPS) is 10.7. The number of aromatic amines is 1. The molecule has 106 valence electrons. The van der Waals surface area contributed by atoms with Crippen molar-refractivity contribution in [1.29, 1.82) is 0 Å². The van der Waals surface area contributed by atoms with Crippen molar-refractivity contribution >= 4 is 38.7 Å². The Morgan fingerprint density at radius 1 is 1.43 bits per heavy atom. The Hall–Kier alpha value is -2.48. The van der Waals surface area contributed by atoms with Crippen LogP contribution in [-0.4, -0.2) is 25.8 Å². The summed E-state index contributed by atoms with van der Waals surface area (Å²) in [7, 11) is 0. The van der Waals surface area contributed by atoms with Crippen LogP contribution >= 0.6 is 15.9 Å². The van der Waals surface area contributed by atoms with Crippen molar-refractivity contribution in [2.45, 2.75) is 6.54 Å². The molecule has 21 heavy (non-hydrogen) atoms. The van der Waals surface area contributed by atoms with E-state index in [1.54, 1.807) is 6.07 Å². The molecule has 0 radical (unpaired) electrons. The maximum atomic E-state index is 11.9. The number of H-pyrrole nitrogens is 1. The first kappa shape index (κ1) is 13.5. The van der Waals surface area contributed by atoms with E-state index in [-0.39, 0.29) is 5.91 Å². The molecule has 0 aliphatic rings. The lowest BCUT2D eigenvalue weighted by atomic mass is 10.3. The van der Waals surface area contributed by atoms with Gasteiger partial charge in [-0.25, -0.2) is 15.0 Å². The van der Waals surface area contributed by atoms with Crippen molar-refractivity contribution in [2.24, 2.45) is 0 Å². The smallest absolute Gasteiger partial charge is 0.270 e. The van der Waals surface area contributed by atoms with Gasteiger partial charge < -0.3 is 16.0 Å². The number of nitrogens with two attached hydrogens (primary N) is 1. The molecule has 0 aromatic carbocycles. The van der Waals surface area contributed by atoms with Crippen LogP contribution in [0, 0.1) is 0 Å². The third-order valence-corrected chi connectivity index (χ3v) is 3.53. The van der Waals surface area contributed by atoms with E-state index in [1.807, 2.05) is 12.1 Å². The van der Waals surface area contributed by atoms with Crippen LogP contribution in [0.5, 0.6) is 0 Å². The summed E-state index contributed by atoms with van der Waals surface area (Å²) in [5.41, 5.74) is 8.49. The fraction of sp³-hybridized carbons (Fsp3) is 0.0769. The molecule has 3 aromatic rings. The quantitative estimate of drug-likeness (QED) is 0.667. The second-order valence-corrected chi connectivity index (χ2v) is 5.21. The Balaban J connectivity index is 1.75. The summed E-state index contributed by atoms with van der Waals surface area (Å²) in [5, 5.41) is 2.77. The Morgan fingerprint density at radius 2 is 2.29 bits per heavy atom. The minimum absolute atomic E-state index is 0.260. The topological polar surface area (TPSA) is 110 Å². The summed E-state index contributed by atoms with van der Waals surface area (Å²) in [5.74, 6) is 0.169. The van der Waals surface area contributed by atoms with Crippen molar-refractivity contribution in [2.75, 3.05) is 5.73 Å². The second kappa shape index (κ2) is 5.49. The Kier molecular flexibility index (Phi) is 3.53. The van der Waals surface area contributed by atoms with Gasteiger partial charge in [-0.15, -0.1) is 0 Å². The van der Waals surface area contributed by atoms with Gasteiger partial charge in [-0.1, -0.05) is 0 Å². The monoisotopic (exact) mass is 346 g/mol. The number of nitrogens with one attached hydrogen (secondary N) is 2. The van der Waals surface area contributed by atoms with E-state index >= 15 is 0 Å². The highest BCUT2D eigenvalue weighted by molar-refractivity contribution is 9.10. The summed E-state index contributed by atoms with van der Waals surface area (Å²) in [6.45, 7) is 0.344. The Bertz CT molecular complexity index is 762. The van der Waals surface area contributed by atoms with Gasteiger partial charge in [-0.05, 0) is 34.1 Å². The molecule has 0 fully saturated rings. The first-order valence-corrected chi connectivity index (χ1v) is 6.90. The maximum Gasteiger partial charge on any atom is 0.270 e. The third-order valence-electron chi connectivity index (χ3n) is 2.89. The SMILES string of the molecule is Nc1nc2cc(CNC(=O)c3ccncn3)[nH]c2cc1Br. The molecule has 0 unspecified atom stereocenters. The number of carbonyl (C=O) groups excluding carboxylic acids is 1. The van der Waals surface area contributed by atoms with Gasteiger partial charge in [-0.3, -0.25) is 4.79 Å². The number of carbonyl (C=O) groups is 1. The summed E-state index contributed by atoms with van der Waals surface area (Å²) in [6.07, 6.45) is 2.86. The molecule has 0 aliphatic carbocycles. The van der Waals surface area contributed by atoms with Crippen LogP contribution in [0.3, 0.4) is 0 Å². The van der Waals surface area contributed by atoms with E-state index in [2.05, 4.69) is 41.2 Å². The molecule has 7 nitrogen and oxygen atoms in total. The zero-order chi connectivity index (χ0) is 14.8. The lowest BCUT2D eigenvalue weighted by Crippen LogP contribution is -2.23. The van der Waals surface area contributed by atoms with Crippen molar-refractivity contribution < 1.29 is 4.79 Å². The number of hydrogen-bond donors (Lipinski definition) is 3. The molecule has 0 spiro atoms. The predicted molar refractivity (Wildman–Crippen MR) is 81.4 cm³/mol. The van der Waals surface area contributed by atoms with Crippen LogP contribution < -0.4 is 11.1 Å². The number of nitrogens with zero attached hydrogens (tertiary/aromatic N) is 3. The molecule has 3 aromatic heterocycles. The number of anilines is 1. The first-order chi connectivity index (χ1) is 10.1. The van der Waals surface area contributed by atoms with Gasteiger partial charge in [0.15, 0.2) is 0 Å². The Labute approximate surface area is 128 Å². The largest absolute Gasteiger partial charge is 0.383 e. The van der Waals surface area contributed by atoms with Gasteiger partial charge in [0, 0.05) is 11.9 Å². The average molecular weight is 347 g/mol. The highest BCUT2D eigenvalue weighted by Gasteiger charge is 2.09. The van der Waals surface area contributed by atoms with Crippen molar-refractivity contribution in [3.05, 3.63) is 46.6 Å². The lowest BCUT2D eigenvalue weighted by Gasteiger charge is -2.02. The van der Waals surface area contributed by atoms with Gasteiger partial charge in [0.25, 0.3) is 5.91 Å². The van der Waals surface area contributed by atoms with Crippen LogP contribution in [0.2, 0.25) is 0 Å². The number of nitrogen functional groups attached to an aromatic ring is 1. The number of halogens is 1. The van der Waals surface area contributed by atoms with Gasteiger partial charge in [-0.2, -0.15) is 0 Å². The zero-order valence-electron chi connectivity index (χ0n) is 10.8. The maximum absolute atomic E-state index is 11.9. The summed E-state index contributed by atoms with van der Waals surface area (Å²) < 4.78 is 0.730. The molecule has 4 N–H and O–H groups in total. The van der Waals surface area contributed by atoms with E-state index < -0.39 is 0 Å². The van der Waals surface area contributed by atoms with Gasteiger partial charge in [0.2, 0.25) is 0 Å². The van der Waals surface area contributed by atoms with Crippen molar-refractivity contribution in [3.63, 3.8) is 0 Å². The van der Waals surface area contributed by atoms with Crippen LogP contribution in [0.4, 0.5) is 5.82 Å². The van der Waals surface area contributed by atoms with Gasteiger partial charge in [0.05, 0.1) is 22.1 Å². The molecule has 1 amide bonds. The zero-order valence-corrected chi connectivity index (χ0v) is 12.4. The number of aromatic nitrogens is 4. The number of rotatable bonds is 3. The highest BCUT2D eigenvalue weighted by Crippen LogP contribution is 2.23. The standard InChI is InChI=1S/C13H11BrN6O/c14-8-4-11-10(20-12(8)15)3-7(19-11)5-17-13(21)9-1-2-16-6-18-9/h1-4,6,19H,5H2,(H2,15,20)(H,17,21). The summed E-state index contributed by atoms with van der Waals surface area (Å²) in [4.78, 5) is 27.0. The predicted octanol–water partition coefficient (Wildman–Crippen LogP) is 1.63. The van der Waals surface area contributed by atoms with E-state index in [0.29, 0.717) is 18.1 Å². The number of hydrogen-bond acceptors (Lipinski definition) is 5. The molecular weight excluding hydrogens is 336 g/mol. The molecule has 0 saturated carbocycles. The van der Waals surface area contributed by atoms with Crippen LogP contribution in [-0.2, 0) is 6.54 Å². The van der Waals surface area contributed by atoms with Crippen molar-refractivity contribution in [1.82, 2.24) is 25.3 Å². The summed E-state index contributed by atoms with van der Waals surface area (Å²) in [6, 6.07) is 5.26. The van der Waals surface area contributed by atoms with Crippen LogP contribution in [0.25, 0.3) is 11.0 Å². The fourth-order valence-electron chi connectivity index (χ4n) is 1.89. The van der Waals surface area contributed by atoms with E-state index in [9.17, 15) is 4.79 Å². The molecule has 3 heterocycles. The van der Waals surface area contributed by atoms with E-state index in [4.69, 9.17) is 5.73 Å². The number of fused-ring (bicyclic) bond motifs is 1. The first-order valence-electron chi connectivity index (χ1n) is 6.11. The average Bonchev–Trinajstić information content (AvgIpc) is 2.88. The number of amides is 1. The van der Waals surface area contributed by atoms with Gasteiger partial charge in [0.1, 0.15) is 17.8 Å². The number of pyridine rings is 1. The molecule has 0 atom stereocenters. The second-order valence-electron chi connectivity index (χ2n) is 4.36. The molecule has 0 aliphatic heterocycles. The highest BCUT2D eigenvalue weighted by atomic mass is 79.9. The van der Waals surface area contributed by atoms with E-state index in [0.717, 1.165) is 21.2 Å². The van der Waals surface area contributed by atoms with Crippen molar-refractivity contribution in [3.8, 4) is 0 Å². The molecule has 0 saturated heterocycles. The third kappa shape index (κ3) is 2.84. The minimum Gasteiger partial charge on any atom is -0.383 e. The van der Waals surface area contributed by atoms with Gasteiger partial charge >= 0.3 is 0 Å². The van der Waals surface area contributed by atoms with E-state index in [1.165, 1.54) is 12.5 Å².